The zero-order valence-electron chi connectivity index (χ0n) is 20.3. The normalized spacial score (nSPS) is 21.9. The van der Waals surface area contributed by atoms with Crippen molar-refractivity contribution in [3.8, 4) is 0 Å². The Hall–Kier alpha value is -3.84. The largest absolute Gasteiger partial charge is 0.481 e. The Morgan fingerprint density at radius 1 is 1.03 bits per heavy atom. The maximum Gasteiger partial charge on any atom is 0.306 e. The quantitative estimate of drug-likeness (QED) is 0.564. The van der Waals surface area contributed by atoms with Crippen molar-refractivity contribution in [3.63, 3.8) is 0 Å². The number of piperidine rings is 1. The first kappa shape index (κ1) is 22.6. The Labute approximate surface area is 210 Å². The third-order valence-electron chi connectivity index (χ3n) is 7.34. The molecule has 36 heavy (non-hydrogen) atoms. The molecule has 3 aliphatic rings. The highest BCUT2D eigenvalue weighted by Gasteiger charge is 2.32. The number of carboxylic acids is 1. The van der Waals surface area contributed by atoms with E-state index in [0.717, 1.165) is 66.4 Å². The third kappa shape index (κ3) is 4.31. The summed E-state index contributed by atoms with van der Waals surface area (Å²) in [6.45, 7) is 4.46. The van der Waals surface area contributed by atoms with Crippen LogP contribution >= 0.6 is 0 Å². The molecule has 1 fully saturated rings. The Balaban J connectivity index is 1.29. The smallest absolute Gasteiger partial charge is 0.306 e. The molecule has 3 aliphatic heterocycles. The summed E-state index contributed by atoms with van der Waals surface area (Å²) in [5.74, 6) is 0.0153. The fourth-order valence-corrected chi connectivity index (χ4v) is 5.38. The molecule has 1 saturated heterocycles. The second-order valence-electron chi connectivity index (χ2n) is 9.87. The van der Waals surface area contributed by atoms with Crippen LogP contribution in [0.4, 0.5) is 5.82 Å². The SMILES string of the molecule is Cc1cc2n(n1)C1N=C(c3ccc(CN4CCC(C(=O)O)CC4)cc3)C(c3ccccc3)=CC1C=N2. The topological polar surface area (TPSA) is 83.1 Å². The summed E-state index contributed by atoms with van der Waals surface area (Å²) in [6.07, 6.45) is 5.54. The third-order valence-corrected chi connectivity index (χ3v) is 7.34. The fraction of sp³-hybridized carbons (Fsp3) is 0.310. The average molecular weight is 480 g/mol. The molecule has 0 amide bonds. The van der Waals surface area contributed by atoms with Gasteiger partial charge < -0.3 is 5.11 Å². The monoisotopic (exact) mass is 479 g/mol. The van der Waals surface area contributed by atoms with E-state index in [1.165, 1.54) is 5.56 Å². The Bertz CT molecular complexity index is 1360. The molecule has 0 saturated carbocycles. The number of hydrogen-bond acceptors (Lipinski definition) is 5. The van der Waals surface area contributed by atoms with E-state index in [1.807, 2.05) is 30.0 Å². The minimum Gasteiger partial charge on any atom is -0.481 e. The zero-order chi connectivity index (χ0) is 24.6. The molecular weight excluding hydrogens is 450 g/mol. The van der Waals surface area contributed by atoms with Crippen molar-refractivity contribution in [2.45, 2.75) is 32.5 Å². The van der Waals surface area contributed by atoms with Gasteiger partial charge in [0.1, 0.15) is 0 Å². The number of carboxylic acid groups (broad SMARTS) is 1. The summed E-state index contributed by atoms with van der Waals surface area (Å²) >= 11 is 0. The van der Waals surface area contributed by atoms with Crippen LogP contribution in [0.15, 0.2) is 76.7 Å². The van der Waals surface area contributed by atoms with E-state index >= 15 is 0 Å². The molecule has 0 radical (unpaired) electrons. The molecule has 7 heteroatoms. The molecule has 2 unspecified atom stereocenters. The second kappa shape index (κ2) is 9.32. The van der Waals surface area contributed by atoms with Crippen molar-refractivity contribution in [2.24, 2.45) is 21.8 Å². The summed E-state index contributed by atoms with van der Waals surface area (Å²) < 4.78 is 1.94. The van der Waals surface area contributed by atoms with E-state index in [2.05, 4.69) is 69.6 Å². The number of dihydropyridines is 1. The molecule has 182 valence electrons. The first-order chi connectivity index (χ1) is 17.5. The van der Waals surface area contributed by atoms with Crippen molar-refractivity contribution in [2.75, 3.05) is 13.1 Å². The Kier molecular flexibility index (Phi) is 5.85. The van der Waals surface area contributed by atoms with E-state index < -0.39 is 5.97 Å². The number of allylic oxidation sites excluding steroid dienone is 1. The summed E-state index contributed by atoms with van der Waals surface area (Å²) in [5.41, 5.74) is 6.45. The number of nitrogens with zero attached hydrogens (tertiary/aromatic N) is 5. The lowest BCUT2D eigenvalue weighted by molar-refractivity contribution is -0.143. The van der Waals surface area contributed by atoms with Crippen molar-refractivity contribution >= 4 is 29.3 Å². The number of carbonyl (C=O) groups is 1. The minimum absolute atomic E-state index is 0.0451. The minimum atomic E-state index is -0.668. The number of likely N-dealkylation sites (tertiary alicyclic amines) is 1. The van der Waals surface area contributed by atoms with Crippen molar-refractivity contribution < 1.29 is 9.90 Å². The number of hydrogen-bond donors (Lipinski definition) is 1. The predicted molar refractivity (Wildman–Crippen MR) is 141 cm³/mol. The number of aryl methyl sites for hydroxylation is 1. The van der Waals surface area contributed by atoms with Crippen LogP contribution in [0, 0.1) is 18.8 Å². The van der Waals surface area contributed by atoms with Gasteiger partial charge in [0.2, 0.25) is 0 Å². The summed E-state index contributed by atoms with van der Waals surface area (Å²) in [6, 6.07) is 21.0. The molecule has 6 rings (SSSR count). The summed E-state index contributed by atoms with van der Waals surface area (Å²) in [4.78, 5) is 23.5. The van der Waals surface area contributed by atoms with Crippen LogP contribution in [0.5, 0.6) is 0 Å². The van der Waals surface area contributed by atoms with Gasteiger partial charge in [-0.15, -0.1) is 0 Å². The highest BCUT2D eigenvalue weighted by molar-refractivity contribution is 6.32. The predicted octanol–water partition coefficient (Wildman–Crippen LogP) is 4.91. The molecule has 7 nitrogen and oxygen atoms in total. The van der Waals surface area contributed by atoms with Crippen molar-refractivity contribution in [1.29, 1.82) is 0 Å². The van der Waals surface area contributed by atoms with Crippen LogP contribution in [-0.4, -0.2) is 50.8 Å². The standard InChI is InChI=1S/C29H29N5O2/c1-19-15-26-30-17-24-16-25(21-5-3-2-4-6-21)27(31-28(24)34(26)32-19)22-9-7-20(8-10-22)18-33-13-11-23(12-14-33)29(35)36/h2-10,15-17,23-24,28H,11-14,18H2,1H3,(H,35,36). The van der Waals surface area contributed by atoms with Gasteiger partial charge in [0.25, 0.3) is 0 Å². The first-order valence-corrected chi connectivity index (χ1v) is 12.6. The number of rotatable bonds is 5. The molecular formula is C29H29N5O2. The van der Waals surface area contributed by atoms with Crippen LogP contribution < -0.4 is 0 Å². The number of benzene rings is 2. The molecule has 1 aromatic heterocycles. The highest BCUT2D eigenvalue weighted by atomic mass is 16.4. The maximum absolute atomic E-state index is 11.2. The molecule has 3 aromatic rings. The Morgan fingerprint density at radius 3 is 2.50 bits per heavy atom. The van der Waals surface area contributed by atoms with Gasteiger partial charge in [0, 0.05) is 30.0 Å². The molecule has 4 heterocycles. The lowest BCUT2D eigenvalue weighted by atomic mass is 9.88. The van der Waals surface area contributed by atoms with Crippen LogP contribution in [0.3, 0.4) is 0 Å². The van der Waals surface area contributed by atoms with Gasteiger partial charge >= 0.3 is 5.97 Å². The van der Waals surface area contributed by atoms with Crippen molar-refractivity contribution in [3.05, 3.63) is 89.1 Å². The molecule has 1 N–H and O–H groups in total. The van der Waals surface area contributed by atoms with Gasteiger partial charge in [-0.2, -0.15) is 5.10 Å². The van der Waals surface area contributed by atoms with Crippen LogP contribution in [-0.2, 0) is 11.3 Å². The average Bonchev–Trinajstić information content (AvgIpc) is 3.30. The fourth-order valence-electron chi connectivity index (χ4n) is 5.38. The molecule has 0 spiro atoms. The lowest BCUT2D eigenvalue weighted by Gasteiger charge is -2.30. The zero-order valence-corrected chi connectivity index (χ0v) is 20.3. The summed E-state index contributed by atoms with van der Waals surface area (Å²) in [5, 5.41) is 13.9. The first-order valence-electron chi connectivity index (χ1n) is 12.6. The van der Waals surface area contributed by atoms with E-state index in [0.29, 0.717) is 0 Å². The van der Waals surface area contributed by atoms with Gasteiger partial charge in [0.15, 0.2) is 12.0 Å². The van der Waals surface area contributed by atoms with E-state index in [4.69, 9.17) is 4.99 Å². The van der Waals surface area contributed by atoms with E-state index in [9.17, 15) is 9.90 Å². The van der Waals surface area contributed by atoms with Gasteiger partial charge in [-0.05, 0) is 44.0 Å². The van der Waals surface area contributed by atoms with Crippen LogP contribution in [0.1, 0.15) is 41.4 Å². The second-order valence-corrected chi connectivity index (χ2v) is 9.87. The van der Waals surface area contributed by atoms with Gasteiger partial charge in [0.05, 0.1) is 23.2 Å². The van der Waals surface area contributed by atoms with Crippen LogP contribution in [0.25, 0.3) is 5.57 Å². The number of fused-ring (bicyclic) bond motifs is 3. The van der Waals surface area contributed by atoms with Gasteiger partial charge in [-0.25, -0.2) is 9.67 Å². The number of aromatic nitrogens is 2. The molecule has 0 aliphatic carbocycles. The van der Waals surface area contributed by atoms with Crippen molar-refractivity contribution in [1.82, 2.24) is 14.7 Å². The highest BCUT2D eigenvalue weighted by Crippen LogP contribution is 2.38. The molecule has 2 atom stereocenters. The molecule has 0 bridgehead atoms. The summed E-state index contributed by atoms with van der Waals surface area (Å²) in [7, 11) is 0. The number of aliphatic imine (C=N–C) groups is 2. The Morgan fingerprint density at radius 2 is 1.78 bits per heavy atom. The lowest BCUT2D eigenvalue weighted by Crippen LogP contribution is -2.35. The molecule has 2 aromatic carbocycles. The number of aliphatic carboxylic acids is 1. The van der Waals surface area contributed by atoms with Gasteiger partial charge in [-0.1, -0.05) is 60.7 Å². The van der Waals surface area contributed by atoms with E-state index in [1.54, 1.807) is 0 Å². The van der Waals surface area contributed by atoms with E-state index in [-0.39, 0.29) is 18.0 Å². The van der Waals surface area contributed by atoms with Crippen LogP contribution in [0.2, 0.25) is 0 Å². The van der Waals surface area contributed by atoms with Gasteiger partial charge in [-0.3, -0.25) is 14.7 Å². The maximum atomic E-state index is 11.2.